The zero-order chi connectivity index (χ0) is 43.2. The van der Waals surface area contributed by atoms with Crippen LogP contribution in [0.15, 0.2) is 0 Å². The van der Waals surface area contributed by atoms with Crippen LogP contribution < -0.4 is 42.5 Å². The number of amides is 10. The van der Waals surface area contributed by atoms with Gasteiger partial charge in [0.2, 0.25) is 59.1 Å². The fraction of sp³-hybridized carbons (Fsp3) is 0.744. The van der Waals surface area contributed by atoms with Crippen molar-refractivity contribution in [3.05, 3.63) is 0 Å². The fourth-order valence-electron chi connectivity index (χ4n) is 7.84. The van der Waals surface area contributed by atoms with Crippen LogP contribution in [0, 0.1) is 11.8 Å². The van der Waals surface area contributed by atoms with Crippen molar-refractivity contribution in [1.82, 2.24) is 52.3 Å². The summed E-state index contributed by atoms with van der Waals surface area (Å²) in [4.78, 5) is 138. The van der Waals surface area contributed by atoms with E-state index in [1.165, 1.54) is 9.80 Å². The molecule has 6 atom stereocenters. The summed E-state index contributed by atoms with van der Waals surface area (Å²) in [7, 11) is 0. The van der Waals surface area contributed by atoms with E-state index in [0.717, 1.165) is 0 Å². The Kier molecular flexibility index (Phi) is 17.4. The summed E-state index contributed by atoms with van der Waals surface area (Å²) in [5.74, 6) is -6.40. The molecule has 20 nitrogen and oxygen atoms in total. The van der Waals surface area contributed by atoms with E-state index in [-0.39, 0.29) is 70.1 Å². The molecule has 0 aromatic rings. The van der Waals surface area contributed by atoms with E-state index in [9.17, 15) is 47.9 Å². The summed E-state index contributed by atoms with van der Waals surface area (Å²) in [6.07, 6.45) is 2.26. The van der Waals surface area contributed by atoms with Gasteiger partial charge in [-0.15, -0.1) is 0 Å². The molecule has 59 heavy (non-hydrogen) atoms. The second kappa shape index (κ2) is 22.2. The number of nitrogens with one attached hydrogen (secondary N) is 8. The van der Waals surface area contributed by atoms with Crippen LogP contribution in [0.5, 0.6) is 0 Å². The van der Waals surface area contributed by atoms with Crippen LogP contribution >= 0.6 is 0 Å². The molecule has 5 rings (SSSR count). The number of nitrogens with zero attached hydrogens (tertiary/aromatic N) is 2. The topological polar surface area (TPSA) is 273 Å². The van der Waals surface area contributed by atoms with E-state index in [1.54, 1.807) is 0 Å². The van der Waals surface area contributed by atoms with E-state index in [4.69, 9.17) is 0 Å². The normalized spacial score (nSPS) is 28.4. The lowest BCUT2D eigenvalue weighted by Gasteiger charge is -2.31. The fourth-order valence-corrected chi connectivity index (χ4v) is 7.84. The molecule has 0 radical (unpaired) electrons. The molecule has 0 aromatic heterocycles. The third-order valence-corrected chi connectivity index (χ3v) is 10.8. The largest absolute Gasteiger partial charge is 0.355 e. The van der Waals surface area contributed by atoms with E-state index < -0.39 is 108 Å². The summed E-state index contributed by atoms with van der Waals surface area (Å²) in [6.45, 7) is 6.57. The van der Waals surface area contributed by atoms with E-state index in [2.05, 4.69) is 42.5 Å². The van der Waals surface area contributed by atoms with Gasteiger partial charge in [-0.1, -0.05) is 27.7 Å². The summed E-state index contributed by atoms with van der Waals surface area (Å²) >= 11 is 0. The Labute approximate surface area is 344 Å². The molecule has 5 saturated heterocycles. The molecule has 0 aliphatic carbocycles. The minimum atomic E-state index is -1.36. The first-order valence-corrected chi connectivity index (χ1v) is 20.9. The average molecular weight is 831 g/mol. The maximum atomic E-state index is 14.1. The van der Waals surface area contributed by atoms with Crippen molar-refractivity contribution < 1.29 is 47.9 Å². The maximum absolute atomic E-state index is 14.1. The third kappa shape index (κ3) is 13.9. The molecular weight excluding hydrogens is 768 g/mol. The van der Waals surface area contributed by atoms with Crippen LogP contribution in [-0.4, -0.2) is 144 Å². The van der Waals surface area contributed by atoms with Crippen LogP contribution in [0.1, 0.15) is 98.3 Å². The Morgan fingerprint density at radius 3 is 1.41 bits per heavy atom. The second-order valence-corrected chi connectivity index (χ2v) is 16.6. The standard InChI is InChI=1S/C39H62N10O10/c1-22(2)17-26-38(58)48-15-7-11-29(48)37(57)43-21-33(53)45-25-12-13-30(50)41-19-31(51)40-14-6-5-9-24(34(54)46-26)44-32(52)20-42-36(56)28-10-8-16-49(28)39(59)27(18-23(3)4)47-35(25)55/h22-29H,5-21H2,1-4H3,(H,40,51)(H,41,50)(H,42,56)(H,43,57)(H,44,52)(H,45,53)(H,46,54)(H,47,55)/t24-,25-,26-,27?,28-,29-/m0/s1. The molecule has 20 heteroatoms. The molecule has 0 spiro atoms. The third-order valence-electron chi connectivity index (χ3n) is 10.8. The monoisotopic (exact) mass is 830 g/mol. The van der Waals surface area contributed by atoms with Crippen molar-refractivity contribution in [3.63, 3.8) is 0 Å². The Bertz CT molecular complexity index is 1600. The van der Waals surface area contributed by atoms with Gasteiger partial charge in [0, 0.05) is 26.1 Å². The first-order chi connectivity index (χ1) is 28.0. The van der Waals surface area contributed by atoms with Gasteiger partial charge in [0.1, 0.15) is 36.3 Å². The molecule has 5 fully saturated rings. The SMILES string of the molecule is CC(C)CC1NC(=O)[C@@H]2CCC(=O)NCC(=O)NCCCC[C@H](NC(=O)CNC(=O)[C@@H]3CCCN3C1=O)C(=O)N[C@@H](CC(C)C)C(=O)N1CCC[C@H]1C(=O)NCC(=O)N2. The molecule has 0 aromatic carbocycles. The zero-order valence-electron chi connectivity index (χ0n) is 34.6. The predicted molar refractivity (Wildman–Crippen MR) is 211 cm³/mol. The van der Waals surface area contributed by atoms with Crippen LogP contribution in [0.4, 0.5) is 0 Å². The minimum Gasteiger partial charge on any atom is -0.355 e. The smallest absolute Gasteiger partial charge is 0.245 e. The number of hydrogen-bond acceptors (Lipinski definition) is 10. The molecule has 0 saturated carbocycles. The number of rotatable bonds is 4. The van der Waals surface area contributed by atoms with Gasteiger partial charge in [0.05, 0.1) is 19.6 Å². The Morgan fingerprint density at radius 2 is 0.932 bits per heavy atom. The van der Waals surface area contributed by atoms with Gasteiger partial charge in [-0.2, -0.15) is 0 Å². The first-order valence-electron chi connectivity index (χ1n) is 20.9. The van der Waals surface area contributed by atoms with Gasteiger partial charge in [-0.25, -0.2) is 0 Å². The lowest BCUT2D eigenvalue weighted by atomic mass is 10.0. The molecule has 5 aliphatic rings. The highest BCUT2D eigenvalue weighted by Crippen LogP contribution is 2.22. The molecule has 1 unspecified atom stereocenters. The molecule has 5 aliphatic heterocycles. The number of carbonyl (C=O) groups is 10. The number of fused-ring (bicyclic) bond motifs is 24. The van der Waals surface area contributed by atoms with Crippen LogP contribution in [0.2, 0.25) is 0 Å². The molecule has 10 amide bonds. The van der Waals surface area contributed by atoms with Gasteiger partial charge < -0.3 is 52.3 Å². The number of hydrogen-bond donors (Lipinski definition) is 8. The van der Waals surface area contributed by atoms with Gasteiger partial charge in [-0.3, -0.25) is 47.9 Å². The van der Waals surface area contributed by atoms with Crippen molar-refractivity contribution in [1.29, 1.82) is 0 Å². The van der Waals surface area contributed by atoms with Crippen LogP contribution in [-0.2, 0) is 47.9 Å². The van der Waals surface area contributed by atoms with Crippen molar-refractivity contribution >= 4 is 59.1 Å². The summed E-state index contributed by atoms with van der Waals surface area (Å²) in [5.41, 5.74) is 0. The molecule has 328 valence electrons. The molecule has 2 bridgehead atoms. The quantitative estimate of drug-likeness (QED) is 0.147. The van der Waals surface area contributed by atoms with Gasteiger partial charge in [-0.05, 0) is 76.0 Å². The van der Waals surface area contributed by atoms with Crippen LogP contribution in [0.25, 0.3) is 0 Å². The van der Waals surface area contributed by atoms with E-state index >= 15 is 0 Å². The van der Waals surface area contributed by atoms with E-state index in [0.29, 0.717) is 38.5 Å². The number of carbonyl (C=O) groups excluding carboxylic acids is 10. The van der Waals surface area contributed by atoms with Crippen molar-refractivity contribution in [3.8, 4) is 0 Å². The maximum Gasteiger partial charge on any atom is 0.245 e. The molecular formula is C39H62N10O10. The summed E-state index contributed by atoms with van der Waals surface area (Å²) < 4.78 is 0. The molecule has 8 N–H and O–H groups in total. The molecule has 5 heterocycles. The highest BCUT2D eigenvalue weighted by Gasteiger charge is 2.41. The Balaban J connectivity index is 1.74. The highest BCUT2D eigenvalue weighted by molar-refractivity contribution is 5.98. The summed E-state index contributed by atoms with van der Waals surface area (Å²) in [5, 5.41) is 21.1. The Morgan fingerprint density at radius 1 is 0.475 bits per heavy atom. The van der Waals surface area contributed by atoms with Crippen LogP contribution in [0.3, 0.4) is 0 Å². The van der Waals surface area contributed by atoms with Crippen molar-refractivity contribution in [2.24, 2.45) is 11.8 Å². The van der Waals surface area contributed by atoms with Crippen molar-refractivity contribution in [2.45, 2.75) is 135 Å². The minimum absolute atomic E-state index is 0.0639. The predicted octanol–water partition coefficient (Wildman–Crippen LogP) is -2.56. The lowest BCUT2D eigenvalue weighted by molar-refractivity contribution is -0.143. The van der Waals surface area contributed by atoms with E-state index in [1.807, 2.05) is 27.7 Å². The Hall–Kier alpha value is -5.30. The first kappa shape index (κ1) is 46.4. The van der Waals surface area contributed by atoms with Crippen molar-refractivity contribution in [2.75, 3.05) is 39.3 Å². The zero-order valence-corrected chi connectivity index (χ0v) is 34.6. The highest BCUT2D eigenvalue weighted by atomic mass is 16.2. The van der Waals surface area contributed by atoms with Gasteiger partial charge >= 0.3 is 0 Å². The average Bonchev–Trinajstić information content (AvgIpc) is 3.88. The lowest BCUT2D eigenvalue weighted by Crippen LogP contribution is -2.59. The second-order valence-electron chi connectivity index (χ2n) is 16.6. The van der Waals surface area contributed by atoms with Gasteiger partial charge in [0.25, 0.3) is 0 Å². The van der Waals surface area contributed by atoms with Gasteiger partial charge in [0.15, 0.2) is 0 Å². The summed E-state index contributed by atoms with van der Waals surface area (Å²) in [6, 6.07) is -6.61.